The Hall–Kier alpha value is -1.97. The maximum atomic E-state index is 13.4. The molecule has 0 aromatic heterocycles. The lowest BCUT2D eigenvalue weighted by molar-refractivity contribution is -0.125. The molecule has 0 atom stereocenters. The third kappa shape index (κ3) is 3.98. The van der Waals surface area contributed by atoms with E-state index in [9.17, 15) is 18.0 Å². The molecule has 9 heteroatoms. The summed E-state index contributed by atoms with van der Waals surface area (Å²) in [6.45, 7) is 8.81. The van der Waals surface area contributed by atoms with Crippen molar-refractivity contribution in [2.45, 2.75) is 51.5 Å². The highest BCUT2D eigenvalue weighted by Gasteiger charge is 2.42. The van der Waals surface area contributed by atoms with Gasteiger partial charge in [0.1, 0.15) is 6.54 Å². The number of ether oxygens (including phenoxy) is 1. The zero-order valence-electron chi connectivity index (χ0n) is 18.4. The van der Waals surface area contributed by atoms with Crippen LogP contribution in [0.4, 0.5) is 4.79 Å². The van der Waals surface area contributed by atoms with E-state index in [1.54, 1.807) is 4.90 Å². The van der Waals surface area contributed by atoms with E-state index in [2.05, 4.69) is 0 Å². The number of benzene rings is 1. The van der Waals surface area contributed by atoms with Crippen molar-refractivity contribution in [3.8, 4) is 0 Å². The summed E-state index contributed by atoms with van der Waals surface area (Å²) in [5.74, 6) is -0.228. The first kappa shape index (κ1) is 22.7. The number of hydrogen-bond acceptors (Lipinski definition) is 5. The van der Waals surface area contributed by atoms with Gasteiger partial charge in [0.15, 0.2) is 0 Å². The molecule has 0 radical (unpaired) electrons. The molecule has 0 saturated carbocycles. The summed E-state index contributed by atoms with van der Waals surface area (Å²) in [4.78, 5) is 28.0. The van der Waals surface area contributed by atoms with Crippen LogP contribution in [-0.2, 0) is 19.6 Å². The van der Waals surface area contributed by atoms with E-state index in [4.69, 9.17) is 4.74 Å². The molecule has 2 aliphatic rings. The number of carbonyl (C=O) groups excluding carboxylic acids is 2. The Morgan fingerprint density at radius 3 is 2.13 bits per heavy atom. The van der Waals surface area contributed by atoms with Gasteiger partial charge in [-0.1, -0.05) is 6.07 Å². The number of piperidine rings is 1. The molecule has 2 saturated heterocycles. The summed E-state index contributed by atoms with van der Waals surface area (Å²) in [6, 6.07) is 1.57. The van der Waals surface area contributed by atoms with E-state index in [1.807, 2.05) is 33.8 Å². The summed E-state index contributed by atoms with van der Waals surface area (Å²) in [5, 5.41) is 0. The van der Waals surface area contributed by atoms with Crippen molar-refractivity contribution in [3.05, 3.63) is 28.3 Å². The van der Waals surface area contributed by atoms with Crippen LogP contribution in [0.3, 0.4) is 0 Å². The third-order valence-electron chi connectivity index (χ3n) is 6.36. The number of amides is 3. The molecule has 1 aromatic carbocycles. The van der Waals surface area contributed by atoms with Gasteiger partial charge >= 0.3 is 6.03 Å². The molecule has 0 unspecified atom stereocenters. The third-order valence-corrected chi connectivity index (χ3v) is 8.53. The minimum atomic E-state index is -3.63. The maximum absolute atomic E-state index is 13.4. The number of rotatable bonds is 6. The second-order valence-electron chi connectivity index (χ2n) is 8.17. The number of methoxy groups -OCH3 is 1. The van der Waals surface area contributed by atoms with Gasteiger partial charge in [-0.25, -0.2) is 13.2 Å². The Morgan fingerprint density at radius 2 is 1.60 bits per heavy atom. The van der Waals surface area contributed by atoms with Gasteiger partial charge in [0.05, 0.1) is 18.0 Å². The van der Waals surface area contributed by atoms with Gasteiger partial charge in [-0.2, -0.15) is 4.31 Å². The van der Waals surface area contributed by atoms with Crippen LogP contribution in [0.15, 0.2) is 11.0 Å². The number of urea groups is 1. The fourth-order valence-corrected chi connectivity index (χ4v) is 6.39. The number of sulfonamides is 1. The average molecular weight is 438 g/mol. The van der Waals surface area contributed by atoms with Crippen molar-refractivity contribution < 1.29 is 22.7 Å². The minimum Gasteiger partial charge on any atom is -0.383 e. The fraction of sp³-hybridized carbons (Fsp3) is 0.619. The van der Waals surface area contributed by atoms with Gasteiger partial charge in [0.2, 0.25) is 15.9 Å². The van der Waals surface area contributed by atoms with Gasteiger partial charge in [-0.3, -0.25) is 9.69 Å². The van der Waals surface area contributed by atoms with E-state index >= 15 is 0 Å². The summed E-state index contributed by atoms with van der Waals surface area (Å²) >= 11 is 0. The molecule has 0 aliphatic carbocycles. The summed E-state index contributed by atoms with van der Waals surface area (Å²) in [6.07, 6.45) is 1.03. The molecule has 2 aliphatic heterocycles. The second-order valence-corrected chi connectivity index (χ2v) is 10.0. The van der Waals surface area contributed by atoms with Crippen LogP contribution in [0.2, 0.25) is 0 Å². The lowest BCUT2D eigenvalue weighted by Crippen LogP contribution is -2.48. The topological polar surface area (TPSA) is 87.2 Å². The van der Waals surface area contributed by atoms with E-state index in [1.165, 1.54) is 16.3 Å². The van der Waals surface area contributed by atoms with Crippen LogP contribution in [0.1, 0.15) is 35.1 Å². The minimum absolute atomic E-state index is 0.0508. The van der Waals surface area contributed by atoms with Crippen molar-refractivity contribution >= 4 is 22.0 Å². The molecule has 0 N–H and O–H groups in total. The standard InChI is InChI=1S/C21H31N3O5S/c1-14-12-15(2)17(4)20(16(14)3)30(27,28)22-8-6-18(7-9-22)24-13-19(25)23(21(24)26)10-11-29-5/h12,18H,6-11,13H2,1-5H3. The maximum Gasteiger partial charge on any atom is 0.327 e. The Labute approximate surface area is 178 Å². The Balaban J connectivity index is 1.73. The van der Waals surface area contributed by atoms with E-state index in [0.717, 1.165) is 22.3 Å². The average Bonchev–Trinajstić information content (AvgIpc) is 2.98. The molecule has 3 amide bonds. The van der Waals surface area contributed by atoms with Crippen LogP contribution in [0, 0.1) is 27.7 Å². The van der Waals surface area contributed by atoms with E-state index in [0.29, 0.717) is 37.4 Å². The largest absolute Gasteiger partial charge is 0.383 e. The number of nitrogens with zero attached hydrogens (tertiary/aromatic N) is 3. The highest BCUT2D eigenvalue weighted by molar-refractivity contribution is 7.89. The van der Waals surface area contributed by atoms with Crippen molar-refractivity contribution in [2.24, 2.45) is 0 Å². The molecule has 30 heavy (non-hydrogen) atoms. The number of imide groups is 1. The first-order valence-electron chi connectivity index (χ1n) is 10.3. The van der Waals surface area contributed by atoms with E-state index < -0.39 is 10.0 Å². The Kier molecular flexibility index (Phi) is 6.54. The zero-order valence-corrected chi connectivity index (χ0v) is 19.2. The zero-order chi connectivity index (χ0) is 22.2. The van der Waals surface area contributed by atoms with Gasteiger partial charge < -0.3 is 9.64 Å². The van der Waals surface area contributed by atoms with E-state index in [-0.39, 0.29) is 31.1 Å². The predicted molar refractivity (Wildman–Crippen MR) is 113 cm³/mol. The molecule has 1 aromatic rings. The number of aryl methyl sites for hydroxylation is 2. The lowest BCUT2D eigenvalue weighted by Gasteiger charge is -2.36. The van der Waals surface area contributed by atoms with Gasteiger partial charge in [0.25, 0.3) is 0 Å². The highest BCUT2D eigenvalue weighted by Crippen LogP contribution is 2.31. The normalized spacial score (nSPS) is 19.2. The molecule has 0 bridgehead atoms. The van der Waals surface area contributed by atoms with Crippen molar-refractivity contribution in [1.82, 2.24) is 14.1 Å². The quantitative estimate of drug-likeness (QED) is 0.635. The van der Waals surface area contributed by atoms with Crippen molar-refractivity contribution in [1.29, 1.82) is 0 Å². The summed E-state index contributed by atoms with van der Waals surface area (Å²) < 4.78 is 33.3. The lowest BCUT2D eigenvalue weighted by atomic mass is 10.0. The van der Waals surface area contributed by atoms with Crippen molar-refractivity contribution in [3.63, 3.8) is 0 Å². The molecule has 2 fully saturated rings. The molecule has 0 spiro atoms. The van der Waals surface area contributed by atoms with Gasteiger partial charge in [0, 0.05) is 26.2 Å². The Bertz CT molecular complexity index is 926. The van der Waals surface area contributed by atoms with Crippen molar-refractivity contribution in [2.75, 3.05) is 39.9 Å². The van der Waals surface area contributed by atoms with Crippen LogP contribution >= 0.6 is 0 Å². The summed E-state index contributed by atoms with van der Waals surface area (Å²) in [5.41, 5.74) is 3.50. The first-order chi connectivity index (χ1) is 14.1. The fourth-order valence-electron chi connectivity index (χ4n) is 4.34. The monoisotopic (exact) mass is 437 g/mol. The smallest absolute Gasteiger partial charge is 0.327 e. The molecule has 166 valence electrons. The first-order valence-corrected chi connectivity index (χ1v) is 11.7. The van der Waals surface area contributed by atoms with Gasteiger partial charge in [-0.05, 0) is 62.8 Å². The number of carbonyl (C=O) groups is 2. The number of hydrogen-bond donors (Lipinski definition) is 0. The molecular weight excluding hydrogens is 406 g/mol. The molecular formula is C21H31N3O5S. The Morgan fingerprint density at radius 1 is 1.03 bits per heavy atom. The van der Waals surface area contributed by atoms with Crippen LogP contribution in [0.25, 0.3) is 0 Å². The van der Waals surface area contributed by atoms with Crippen LogP contribution < -0.4 is 0 Å². The second kappa shape index (κ2) is 8.64. The van der Waals surface area contributed by atoms with Crippen LogP contribution in [-0.4, -0.2) is 80.4 Å². The van der Waals surface area contributed by atoms with Crippen LogP contribution in [0.5, 0.6) is 0 Å². The summed E-state index contributed by atoms with van der Waals surface area (Å²) in [7, 11) is -2.10. The molecule has 8 nitrogen and oxygen atoms in total. The molecule has 3 rings (SSSR count). The molecule has 2 heterocycles. The predicted octanol–water partition coefficient (Wildman–Crippen LogP) is 1.98. The SMILES string of the molecule is COCCN1C(=O)CN(C2CCN(S(=O)(=O)c3c(C)c(C)cc(C)c3C)CC2)C1=O. The van der Waals surface area contributed by atoms with Gasteiger partial charge in [-0.15, -0.1) is 0 Å². The highest BCUT2D eigenvalue weighted by atomic mass is 32.2.